The van der Waals surface area contributed by atoms with Crippen LogP contribution in [0.25, 0.3) is 6.08 Å². The smallest absolute Gasteiger partial charge is 0.344 e. The molecule has 1 saturated heterocycles. The van der Waals surface area contributed by atoms with E-state index in [9.17, 15) is 19.2 Å². The number of imide groups is 2. The van der Waals surface area contributed by atoms with E-state index >= 15 is 0 Å². The largest absolute Gasteiger partial charge is 0.493 e. The van der Waals surface area contributed by atoms with E-state index in [1.54, 1.807) is 0 Å². The maximum atomic E-state index is 13.0. The highest BCUT2D eigenvalue weighted by atomic mass is 35.5. The van der Waals surface area contributed by atoms with Crippen LogP contribution in [0.15, 0.2) is 42.0 Å². The van der Waals surface area contributed by atoms with Crippen LogP contribution in [-0.4, -0.2) is 42.1 Å². The Labute approximate surface area is 192 Å². The molecule has 0 bridgehead atoms. The Morgan fingerprint density at radius 3 is 2.53 bits per heavy atom. The lowest BCUT2D eigenvalue weighted by atomic mass is 10.1. The van der Waals surface area contributed by atoms with E-state index in [0.29, 0.717) is 10.5 Å². The molecule has 1 aliphatic rings. The van der Waals surface area contributed by atoms with Gasteiger partial charge in [0.2, 0.25) is 0 Å². The van der Waals surface area contributed by atoms with Crippen molar-refractivity contribution in [2.24, 2.45) is 0 Å². The van der Waals surface area contributed by atoms with Gasteiger partial charge in [0, 0.05) is 0 Å². The fourth-order valence-electron chi connectivity index (χ4n) is 2.82. The molecule has 0 unspecified atom stereocenters. The summed E-state index contributed by atoms with van der Waals surface area (Å²) < 4.78 is 10.5. The summed E-state index contributed by atoms with van der Waals surface area (Å²) in [4.78, 5) is 49.4. The van der Waals surface area contributed by atoms with E-state index in [-0.39, 0.29) is 32.8 Å². The fourth-order valence-corrected chi connectivity index (χ4v) is 3.20. The number of benzene rings is 2. The third-order valence-corrected chi connectivity index (χ3v) is 5.23. The minimum atomic E-state index is -1.16. The molecule has 0 saturated carbocycles. The van der Waals surface area contributed by atoms with Crippen molar-refractivity contribution in [3.63, 3.8) is 0 Å². The molecule has 1 heterocycles. The Balaban J connectivity index is 1.99. The van der Waals surface area contributed by atoms with Crippen molar-refractivity contribution in [1.82, 2.24) is 5.32 Å². The maximum Gasteiger partial charge on any atom is 0.344 e. The van der Waals surface area contributed by atoms with E-state index in [1.165, 1.54) is 56.5 Å². The molecule has 3 rings (SSSR count). The van der Waals surface area contributed by atoms with Gasteiger partial charge in [-0.1, -0.05) is 35.3 Å². The van der Waals surface area contributed by atoms with Crippen molar-refractivity contribution >= 4 is 58.8 Å². The molecule has 0 spiro atoms. The number of carboxylic acid groups (broad SMARTS) is 1. The number of methoxy groups -OCH3 is 1. The van der Waals surface area contributed by atoms with Crippen LogP contribution in [-0.2, 0) is 14.4 Å². The second-order valence-corrected chi connectivity index (χ2v) is 7.32. The summed E-state index contributed by atoms with van der Waals surface area (Å²) in [6.45, 7) is 1.36. The molecule has 11 heteroatoms. The molecular weight excluding hydrogens is 463 g/mol. The van der Waals surface area contributed by atoms with Crippen LogP contribution < -0.4 is 19.7 Å². The van der Waals surface area contributed by atoms with Gasteiger partial charge in [-0.2, -0.15) is 0 Å². The molecule has 0 aromatic heterocycles. The number of barbiturate groups is 1. The van der Waals surface area contributed by atoms with Gasteiger partial charge in [0.05, 0.1) is 22.8 Å². The van der Waals surface area contributed by atoms with Crippen LogP contribution in [0.5, 0.6) is 11.5 Å². The number of carbonyl (C=O) groups excluding carboxylic acids is 3. The van der Waals surface area contributed by atoms with Crippen molar-refractivity contribution in [1.29, 1.82) is 0 Å². The molecule has 166 valence electrons. The predicted octanol–water partition coefficient (Wildman–Crippen LogP) is 3.52. The molecule has 0 radical (unpaired) electrons. The van der Waals surface area contributed by atoms with Gasteiger partial charge >= 0.3 is 12.0 Å². The van der Waals surface area contributed by atoms with Gasteiger partial charge in [-0.3, -0.25) is 14.9 Å². The van der Waals surface area contributed by atoms with Gasteiger partial charge in [-0.25, -0.2) is 14.5 Å². The Hall–Kier alpha value is -3.56. The first-order chi connectivity index (χ1) is 15.1. The number of ether oxygens (including phenoxy) is 2. The topological polar surface area (TPSA) is 122 Å². The van der Waals surface area contributed by atoms with Crippen LogP contribution in [0.2, 0.25) is 10.0 Å². The normalized spacial score (nSPS) is 16.1. The van der Waals surface area contributed by atoms with Crippen LogP contribution >= 0.6 is 23.2 Å². The lowest BCUT2D eigenvalue weighted by Gasteiger charge is -2.27. The summed E-state index contributed by atoms with van der Waals surface area (Å²) in [6, 6.07) is 7.82. The number of urea groups is 1. The Bertz CT molecular complexity index is 1160. The minimum absolute atomic E-state index is 0.0176. The molecule has 2 N–H and O–H groups in total. The van der Waals surface area contributed by atoms with E-state index in [0.717, 1.165) is 0 Å². The van der Waals surface area contributed by atoms with Gasteiger partial charge < -0.3 is 14.6 Å². The molecule has 1 atom stereocenters. The maximum absolute atomic E-state index is 13.0. The lowest BCUT2D eigenvalue weighted by Crippen LogP contribution is -2.54. The molecule has 2 aromatic carbocycles. The summed E-state index contributed by atoms with van der Waals surface area (Å²) in [5, 5.41) is 11.2. The number of hydrogen-bond acceptors (Lipinski definition) is 6. The Morgan fingerprint density at radius 1 is 1.16 bits per heavy atom. The predicted molar refractivity (Wildman–Crippen MR) is 116 cm³/mol. The second-order valence-electron chi connectivity index (χ2n) is 6.54. The van der Waals surface area contributed by atoms with E-state index in [1.807, 2.05) is 0 Å². The number of carboxylic acids is 1. The molecule has 2 aromatic rings. The Kier molecular flexibility index (Phi) is 6.71. The number of anilines is 1. The van der Waals surface area contributed by atoms with Crippen LogP contribution in [0, 0.1) is 0 Å². The first kappa shape index (κ1) is 23.1. The molecule has 32 heavy (non-hydrogen) atoms. The zero-order chi connectivity index (χ0) is 23.6. The quantitative estimate of drug-likeness (QED) is 0.480. The number of nitrogens with one attached hydrogen (secondary N) is 1. The lowest BCUT2D eigenvalue weighted by molar-refractivity contribution is -0.144. The van der Waals surface area contributed by atoms with Crippen LogP contribution in [0.3, 0.4) is 0 Å². The minimum Gasteiger partial charge on any atom is -0.493 e. The zero-order valence-corrected chi connectivity index (χ0v) is 18.2. The van der Waals surface area contributed by atoms with E-state index < -0.39 is 29.9 Å². The SMILES string of the molecule is COc1cc(/C=C2\C(=O)NC(=O)N(c3cccc(Cl)c3Cl)C2=O)ccc1O[C@@H](C)C(=O)O. The summed E-state index contributed by atoms with van der Waals surface area (Å²) in [7, 11) is 1.35. The molecule has 1 aliphatic heterocycles. The number of carbonyl (C=O) groups is 4. The van der Waals surface area contributed by atoms with Crippen molar-refractivity contribution in [3.05, 3.63) is 57.6 Å². The number of hydrogen-bond donors (Lipinski definition) is 2. The summed E-state index contributed by atoms with van der Waals surface area (Å²) >= 11 is 12.1. The number of halogens is 2. The summed E-state index contributed by atoms with van der Waals surface area (Å²) in [6.07, 6.45) is 0.128. The average molecular weight is 479 g/mol. The molecular formula is C21H16Cl2N2O7. The zero-order valence-electron chi connectivity index (χ0n) is 16.7. The highest BCUT2D eigenvalue weighted by molar-refractivity contribution is 6.46. The number of rotatable bonds is 6. The second kappa shape index (κ2) is 9.29. The first-order valence-electron chi connectivity index (χ1n) is 9.07. The molecule has 1 fully saturated rings. The van der Waals surface area contributed by atoms with Gasteiger partial charge in [0.1, 0.15) is 5.57 Å². The van der Waals surface area contributed by atoms with Gasteiger partial charge in [0.25, 0.3) is 11.8 Å². The highest BCUT2D eigenvalue weighted by Crippen LogP contribution is 2.35. The molecule has 9 nitrogen and oxygen atoms in total. The third kappa shape index (κ3) is 4.53. The number of nitrogens with zero attached hydrogens (tertiary/aromatic N) is 1. The van der Waals surface area contributed by atoms with Gasteiger partial charge in [-0.05, 0) is 42.8 Å². The Morgan fingerprint density at radius 2 is 1.88 bits per heavy atom. The first-order valence-corrected chi connectivity index (χ1v) is 9.82. The fraction of sp³-hybridized carbons (Fsp3) is 0.143. The average Bonchev–Trinajstić information content (AvgIpc) is 2.74. The van der Waals surface area contributed by atoms with E-state index in [2.05, 4.69) is 5.32 Å². The number of aliphatic carboxylic acids is 1. The third-order valence-electron chi connectivity index (χ3n) is 4.42. The monoisotopic (exact) mass is 478 g/mol. The molecule has 0 aliphatic carbocycles. The number of amides is 4. The standard InChI is InChI=1S/C21H16Cl2N2O7/c1-10(20(28)29)32-15-7-6-11(9-16(15)31-2)8-12-18(26)24-21(30)25(19(12)27)14-5-3-4-13(22)17(14)23/h3-10H,1-2H3,(H,28,29)(H,24,26,30)/b12-8+/t10-/m0/s1. The van der Waals surface area contributed by atoms with Crippen molar-refractivity contribution in [2.45, 2.75) is 13.0 Å². The van der Waals surface area contributed by atoms with Gasteiger partial charge in [0.15, 0.2) is 17.6 Å². The highest BCUT2D eigenvalue weighted by Gasteiger charge is 2.38. The van der Waals surface area contributed by atoms with Crippen molar-refractivity contribution in [3.8, 4) is 11.5 Å². The van der Waals surface area contributed by atoms with Gasteiger partial charge in [-0.15, -0.1) is 0 Å². The van der Waals surface area contributed by atoms with Crippen LogP contribution in [0.4, 0.5) is 10.5 Å². The summed E-state index contributed by atoms with van der Waals surface area (Å²) in [5.74, 6) is -2.62. The molecule has 4 amide bonds. The van der Waals surface area contributed by atoms with E-state index in [4.69, 9.17) is 37.8 Å². The summed E-state index contributed by atoms with van der Waals surface area (Å²) in [5.41, 5.74) is 0.0430. The van der Waals surface area contributed by atoms with Crippen molar-refractivity contribution in [2.75, 3.05) is 12.0 Å². The van der Waals surface area contributed by atoms with Crippen LogP contribution in [0.1, 0.15) is 12.5 Å². The van der Waals surface area contributed by atoms with Crippen molar-refractivity contribution < 1.29 is 33.8 Å².